The molecule has 0 aliphatic carbocycles. The SMILES string of the molecule is C.CC(C)C1=Nc2cc(C(C)C)ccc2C1. The van der Waals surface area contributed by atoms with Gasteiger partial charge in [-0.2, -0.15) is 0 Å². The Balaban J connectivity index is 0.00000128. The van der Waals surface area contributed by atoms with Gasteiger partial charge >= 0.3 is 0 Å². The van der Waals surface area contributed by atoms with Crippen LogP contribution in [0.15, 0.2) is 23.2 Å². The van der Waals surface area contributed by atoms with Gasteiger partial charge in [0.2, 0.25) is 0 Å². The largest absolute Gasteiger partial charge is 0.257 e. The van der Waals surface area contributed by atoms with Crippen LogP contribution in [0.4, 0.5) is 5.69 Å². The van der Waals surface area contributed by atoms with Crippen LogP contribution < -0.4 is 0 Å². The van der Waals surface area contributed by atoms with Crippen molar-refractivity contribution in [3.63, 3.8) is 0 Å². The van der Waals surface area contributed by atoms with Crippen LogP contribution >= 0.6 is 0 Å². The minimum absolute atomic E-state index is 0. The third kappa shape index (κ3) is 2.34. The minimum atomic E-state index is 0. The highest BCUT2D eigenvalue weighted by Crippen LogP contribution is 2.31. The van der Waals surface area contributed by atoms with Crippen molar-refractivity contribution in [1.29, 1.82) is 0 Å². The fourth-order valence-corrected chi connectivity index (χ4v) is 1.92. The lowest BCUT2D eigenvalue weighted by Crippen LogP contribution is -2.06. The van der Waals surface area contributed by atoms with E-state index < -0.39 is 0 Å². The number of fused-ring (bicyclic) bond motifs is 1. The Labute approximate surface area is 99.6 Å². The van der Waals surface area contributed by atoms with Gasteiger partial charge in [0, 0.05) is 12.1 Å². The van der Waals surface area contributed by atoms with E-state index in [9.17, 15) is 0 Å². The summed E-state index contributed by atoms with van der Waals surface area (Å²) in [6.07, 6.45) is 1.05. The van der Waals surface area contributed by atoms with Gasteiger partial charge in [0.15, 0.2) is 0 Å². The van der Waals surface area contributed by atoms with Gasteiger partial charge in [-0.3, -0.25) is 4.99 Å². The van der Waals surface area contributed by atoms with E-state index in [4.69, 9.17) is 4.99 Å². The lowest BCUT2D eigenvalue weighted by molar-refractivity contribution is 0.866. The van der Waals surface area contributed by atoms with Crippen molar-refractivity contribution in [2.24, 2.45) is 10.9 Å². The smallest absolute Gasteiger partial charge is 0.0667 e. The molecule has 1 nitrogen and oxygen atoms in total. The molecule has 1 aromatic rings. The summed E-state index contributed by atoms with van der Waals surface area (Å²) in [6.45, 7) is 8.88. The van der Waals surface area contributed by atoms with Crippen molar-refractivity contribution < 1.29 is 0 Å². The first-order chi connectivity index (χ1) is 7.08. The van der Waals surface area contributed by atoms with Crippen molar-refractivity contribution >= 4 is 11.4 Å². The molecule has 0 atom stereocenters. The van der Waals surface area contributed by atoms with Gasteiger partial charge in [0.25, 0.3) is 0 Å². The Bertz CT molecular complexity index is 400. The molecule has 0 amide bonds. The molecule has 1 aliphatic rings. The van der Waals surface area contributed by atoms with Gasteiger partial charge in [-0.1, -0.05) is 47.3 Å². The van der Waals surface area contributed by atoms with E-state index in [-0.39, 0.29) is 7.43 Å². The second kappa shape index (κ2) is 4.82. The second-order valence-corrected chi connectivity index (χ2v) is 4.98. The Morgan fingerprint density at radius 2 is 1.75 bits per heavy atom. The van der Waals surface area contributed by atoms with Crippen molar-refractivity contribution in [3.05, 3.63) is 29.3 Å². The summed E-state index contributed by atoms with van der Waals surface area (Å²) >= 11 is 0. The third-order valence-electron chi connectivity index (χ3n) is 3.08. The Kier molecular flexibility index (Phi) is 3.90. The quantitative estimate of drug-likeness (QED) is 0.679. The summed E-state index contributed by atoms with van der Waals surface area (Å²) in [4.78, 5) is 4.71. The molecular weight excluding hydrogens is 194 g/mol. The standard InChI is InChI=1S/C14H19N.CH4/c1-9(2)11-5-6-12-8-13(10(3)4)15-14(12)7-11;/h5-7,9-10H,8H2,1-4H3;1H4. The van der Waals surface area contributed by atoms with E-state index in [2.05, 4.69) is 45.9 Å². The minimum Gasteiger partial charge on any atom is -0.257 e. The number of hydrogen-bond acceptors (Lipinski definition) is 1. The Hall–Kier alpha value is -1.11. The summed E-state index contributed by atoms with van der Waals surface area (Å²) in [5.74, 6) is 1.16. The molecule has 0 aromatic heterocycles. The second-order valence-electron chi connectivity index (χ2n) is 4.98. The molecule has 0 spiro atoms. The van der Waals surface area contributed by atoms with E-state index in [1.165, 1.54) is 22.5 Å². The summed E-state index contributed by atoms with van der Waals surface area (Å²) < 4.78 is 0. The van der Waals surface area contributed by atoms with Gasteiger partial charge < -0.3 is 0 Å². The van der Waals surface area contributed by atoms with Crippen LogP contribution in [-0.4, -0.2) is 5.71 Å². The molecule has 1 heterocycles. The third-order valence-corrected chi connectivity index (χ3v) is 3.08. The maximum atomic E-state index is 4.71. The predicted octanol–water partition coefficient (Wildman–Crippen LogP) is 4.73. The first kappa shape index (κ1) is 13.0. The molecule has 0 N–H and O–H groups in total. The van der Waals surface area contributed by atoms with Gasteiger partial charge in [-0.25, -0.2) is 0 Å². The van der Waals surface area contributed by atoms with Crippen LogP contribution in [0.2, 0.25) is 0 Å². The normalized spacial score (nSPS) is 13.8. The molecule has 0 saturated heterocycles. The van der Waals surface area contributed by atoms with Crippen molar-refractivity contribution in [1.82, 2.24) is 0 Å². The summed E-state index contributed by atoms with van der Waals surface area (Å²) in [7, 11) is 0. The summed E-state index contributed by atoms with van der Waals surface area (Å²) in [5, 5.41) is 0. The van der Waals surface area contributed by atoms with Crippen LogP contribution in [0.25, 0.3) is 0 Å². The Morgan fingerprint density at radius 3 is 2.31 bits per heavy atom. The van der Waals surface area contributed by atoms with Crippen LogP contribution in [0.5, 0.6) is 0 Å². The zero-order chi connectivity index (χ0) is 11.0. The van der Waals surface area contributed by atoms with Crippen LogP contribution in [0, 0.1) is 5.92 Å². The maximum absolute atomic E-state index is 4.71. The molecule has 1 aliphatic heterocycles. The Morgan fingerprint density at radius 1 is 1.06 bits per heavy atom. The molecule has 16 heavy (non-hydrogen) atoms. The van der Waals surface area contributed by atoms with E-state index in [1.807, 2.05) is 0 Å². The van der Waals surface area contributed by atoms with Crippen LogP contribution in [0.3, 0.4) is 0 Å². The molecule has 0 fully saturated rings. The van der Waals surface area contributed by atoms with Crippen LogP contribution in [-0.2, 0) is 6.42 Å². The topological polar surface area (TPSA) is 12.4 Å². The zero-order valence-corrected chi connectivity index (χ0v) is 10.0. The van der Waals surface area contributed by atoms with Gasteiger partial charge in [0.1, 0.15) is 0 Å². The molecule has 2 rings (SSSR count). The maximum Gasteiger partial charge on any atom is 0.0667 e. The average molecular weight is 217 g/mol. The van der Waals surface area contributed by atoms with Gasteiger partial charge in [-0.05, 0) is 29.0 Å². The van der Waals surface area contributed by atoms with E-state index in [1.54, 1.807) is 0 Å². The van der Waals surface area contributed by atoms with Crippen molar-refractivity contribution in [2.45, 2.75) is 47.5 Å². The first-order valence-electron chi connectivity index (χ1n) is 5.78. The molecule has 0 unspecified atom stereocenters. The fourth-order valence-electron chi connectivity index (χ4n) is 1.92. The monoisotopic (exact) mass is 217 g/mol. The fraction of sp³-hybridized carbons (Fsp3) is 0.533. The van der Waals surface area contributed by atoms with E-state index in [0.29, 0.717) is 11.8 Å². The molecule has 1 heteroatoms. The highest BCUT2D eigenvalue weighted by Gasteiger charge is 2.17. The number of hydrogen-bond donors (Lipinski definition) is 0. The average Bonchev–Trinajstić information content (AvgIpc) is 2.59. The van der Waals surface area contributed by atoms with Crippen molar-refractivity contribution in [3.8, 4) is 0 Å². The number of benzene rings is 1. The van der Waals surface area contributed by atoms with Crippen molar-refractivity contribution in [2.75, 3.05) is 0 Å². The molecule has 1 aromatic carbocycles. The zero-order valence-electron chi connectivity index (χ0n) is 10.0. The summed E-state index contributed by atoms with van der Waals surface area (Å²) in [6, 6.07) is 6.72. The molecule has 88 valence electrons. The molecule has 0 bridgehead atoms. The van der Waals surface area contributed by atoms with Crippen LogP contribution in [0.1, 0.15) is 52.2 Å². The number of rotatable bonds is 2. The van der Waals surface area contributed by atoms with Gasteiger partial charge in [0.05, 0.1) is 5.69 Å². The number of aliphatic imine (C=N–C) groups is 1. The van der Waals surface area contributed by atoms with E-state index in [0.717, 1.165) is 6.42 Å². The molecular formula is C15H23N. The van der Waals surface area contributed by atoms with E-state index >= 15 is 0 Å². The highest BCUT2D eigenvalue weighted by molar-refractivity contribution is 5.95. The summed E-state index contributed by atoms with van der Waals surface area (Å²) in [5.41, 5.74) is 5.31. The molecule has 0 saturated carbocycles. The molecule has 0 radical (unpaired) electrons. The van der Waals surface area contributed by atoms with Gasteiger partial charge in [-0.15, -0.1) is 0 Å². The lowest BCUT2D eigenvalue weighted by Gasteiger charge is -2.06. The predicted molar refractivity (Wildman–Crippen MR) is 72.9 cm³/mol. The first-order valence-corrected chi connectivity index (χ1v) is 5.78. The number of nitrogens with zero attached hydrogens (tertiary/aromatic N) is 1. The highest BCUT2D eigenvalue weighted by atomic mass is 14.8. The lowest BCUT2D eigenvalue weighted by atomic mass is 9.98.